The van der Waals surface area contributed by atoms with Gasteiger partial charge in [0, 0.05) is 24.6 Å². The van der Waals surface area contributed by atoms with Crippen LogP contribution >= 0.6 is 0 Å². The highest BCUT2D eigenvalue weighted by Gasteiger charge is 2.45. The number of hydrogen-bond acceptors (Lipinski definition) is 4. The maximum Gasteiger partial charge on any atom is 0.213 e. The first-order chi connectivity index (χ1) is 11.0. The summed E-state index contributed by atoms with van der Waals surface area (Å²) < 4.78 is 27.8. The van der Waals surface area contributed by atoms with Crippen molar-refractivity contribution in [2.75, 3.05) is 18.8 Å². The van der Waals surface area contributed by atoms with E-state index in [1.54, 1.807) is 13.3 Å². The number of aliphatic hydroxyl groups excluding tert-OH is 1. The first kappa shape index (κ1) is 14.9. The minimum atomic E-state index is -3.29. The summed E-state index contributed by atoms with van der Waals surface area (Å²) in [4.78, 5) is 4.22. The molecule has 0 amide bonds. The molecule has 0 radical (unpaired) electrons. The second-order valence-corrected chi connectivity index (χ2v) is 8.42. The minimum absolute atomic E-state index is 0.0595. The van der Waals surface area contributed by atoms with Crippen LogP contribution in [-0.4, -0.2) is 52.3 Å². The van der Waals surface area contributed by atoms with E-state index in [2.05, 4.69) is 15.6 Å². The first-order valence-corrected chi connectivity index (χ1v) is 9.41. The van der Waals surface area contributed by atoms with Crippen LogP contribution in [0.1, 0.15) is 18.5 Å². The van der Waals surface area contributed by atoms with Crippen LogP contribution in [0.4, 0.5) is 0 Å². The molecule has 7 heteroatoms. The van der Waals surface area contributed by atoms with Crippen molar-refractivity contribution in [1.82, 2.24) is 13.9 Å². The molecule has 0 unspecified atom stereocenters. The molecule has 1 aromatic heterocycles. The van der Waals surface area contributed by atoms with Crippen LogP contribution in [0.2, 0.25) is 0 Å². The summed E-state index contributed by atoms with van der Waals surface area (Å²) in [7, 11) is -3.29. The molecule has 1 aromatic carbocycles. The molecule has 1 fully saturated rings. The van der Waals surface area contributed by atoms with Crippen LogP contribution < -0.4 is 0 Å². The van der Waals surface area contributed by atoms with E-state index in [-0.39, 0.29) is 24.3 Å². The van der Waals surface area contributed by atoms with Crippen LogP contribution in [0.25, 0.3) is 11.3 Å². The highest BCUT2D eigenvalue weighted by Crippen LogP contribution is 2.45. The Bertz CT molecular complexity index is 846. The van der Waals surface area contributed by atoms with Gasteiger partial charge in [-0.1, -0.05) is 24.3 Å². The lowest BCUT2D eigenvalue weighted by Crippen LogP contribution is -2.31. The zero-order valence-electron chi connectivity index (χ0n) is 12.8. The maximum absolute atomic E-state index is 12.1. The van der Waals surface area contributed by atoms with E-state index in [9.17, 15) is 13.5 Å². The van der Waals surface area contributed by atoms with Gasteiger partial charge < -0.3 is 9.67 Å². The van der Waals surface area contributed by atoms with E-state index in [0.717, 1.165) is 16.8 Å². The van der Waals surface area contributed by atoms with Gasteiger partial charge in [0.2, 0.25) is 10.0 Å². The Morgan fingerprint density at radius 3 is 2.87 bits per heavy atom. The summed E-state index contributed by atoms with van der Waals surface area (Å²) in [5, 5.41) is 10.5. The SMILES string of the molecule is CCS(=O)(=O)N1C[C@H]([C@@H]2c3ccccc3-c3cncn32)[C@@H](O)C1. The molecule has 6 nitrogen and oxygen atoms in total. The van der Waals surface area contributed by atoms with Gasteiger partial charge in [0.1, 0.15) is 0 Å². The number of rotatable bonds is 3. The fourth-order valence-corrected chi connectivity index (χ4v) is 4.95. The van der Waals surface area contributed by atoms with E-state index < -0.39 is 16.1 Å². The van der Waals surface area contributed by atoms with E-state index >= 15 is 0 Å². The molecular formula is C16H19N3O3S. The predicted molar refractivity (Wildman–Crippen MR) is 86.3 cm³/mol. The number of hydrogen-bond donors (Lipinski definition) is 1. The van der Waals surface area contributed by atoms with Crippen molar-refractivity contribution < 1.29 is 13.5 Å². The number of nitrogens with zero attached hydrogens (tertiary/aromatic N) is 3. The topological polar surface area (TPSA) is 75.4 Å². The average Bonchev–Trinajstić information content (AvgIpc) is 3.22. The molecule has 0 saturated carbocycles. The number of aliphatic hydroxyl groups is 1. The Labute approximate surface area is 135 Å². The van der Waals surface area contributed by atoms with Gasteiger partial charge in [-0.15, -0.1) is 0 Å². The Kier molecular flexibility index (Phi) is 3.33. The Morgan fingerprint density at radius 1 is 1.30 bits per heavy atom. The molecule has 0 spiro atoms. The van der Waals surface area contributed by atoms with Gasteiger partial charge in [0.05, 0.1) is 36.1 Å². The maximum atomic E-state index is 12.1. The number of sulfonamides is 1. The summed E-state index contributed by atoms with van der Waals surface area (Å²) in [6.07, 6.45) is 2.91. The van der Waals surface area contributed by atoms with Gasteiger partial charge in [-0.05, 0) is 12.5 Å². The van der Waals surface area contributed by atoms with Gasteiger partial charge in [-0.3, -0.25) is 0 Å². The Balaban J connectivity index is 1.75. The predicted octanol–water partition coefficient (Wildman–Crippen LogP) is 1.10. The normalized spacial score (nSPS) is 27.1. The molecule has 2 aromatic rings. The van der Waals surface area contributed by atoms with Crippen LogP contribution in [0.15, 0.2) is 36.8 Å². The molecule has 1 N–H and O–H groups in total. The largest absolute Gasteiger partial charge is 0.391 e. The quantitative estimate of drug-likeness (QED) is 0.912. The van der Waals surface area contributed by atoms with Gasteiger partial charge in [-0.2, -0.15) is 4.31 Å². The second-order valence-electron chi connectivity index (χ2n) is 6.17. The molecule has 1 saturated heterocycles. The van der Waals surface area contributed by atoms with Crippen molar-refractivity contribution in [2.45, 2.75) is 19.1 Å². The monoisotopic (exact) mass is 333 g/mol. The van der Waals surface area contributed by atoms with Crippen molar-refractivity contribution in [2.24, 2.45) is 5.92 Å². The van der Waals surface area contributed by atoms with E-state index in [1.807, 2.05) is 24.4 Å². The van der Waals surface area contributed by atoms with Gasteiger partial charge in [0.25, 0.3) is 0 Å². The number of benzene rings is 1. The zero-order valence-corrected chi connectivity index (χ0v) is 13.6. The third kappa shape index (κ3) is 2.14. The lowest BCUT2D eigenvalue weighted by molar-refractivity contribution is 0.126. The fraction of sp³-hybridized carbons (Fsp3) is 0.438. The van der Waals surface area contributed by atoms with E-state index in [0.29, 0.717) is 6.54 Å². The average molecular weight is 333 g/mol. The second kappa shape index (κ2) is 5.15. The van der Waals surface area contributed by atoms with Crippen LogP contribution in [0.3, 0.4) is 0 Å². The zero-order chi connectivity index (χ0) is 16.2. The summed E-state index contributed by atoms with van der Waals surface area (Å²) >= 11 is 0. The molecule has 122 valence electrons. The number of β-amino-alcohol motifs (C(OH)–C–C–N with tert-alkyl or cyclic N) is 1. The van der Waals surface area contributed by atoms with Crippen molar-refractivity contribution >= 4 is 10.0 Å². The molecule has 3 heterocycles. The third-order valence-corrected chi connectivity index (χ3v) is 6.80. The van der Waals surface area contributed by atoms with Crippen LogP contribution in [0.5, 0.6) is 0 Å². The van der Waals surface area contributed by atoms with Crippen molar-refractivity contribution in [1.29, 1.82) is 0 Å². The smallest absolute Gasteiger partial charge is 0.213 e. The van der Waals surface area contributed by atoms with Crippen LogP contribution in [0, 0.1) is 5.92 Å². The Morgan fingerprint density at radius 2 is 2.09 bits per heavy atom. The summed E-state index contributed by atoms with van der Waals surface area (Å²) in [6, 6.07) is 7.99. The molecule has 4 rings (SSSR count). The molecule has 2 aliphatic rings. The minimum Gasteiger partial charge on any atom is -0.391 e. The van der Waals surface area contributed by atoms with Crippen molar-refractivity contribution in [3.05, 3.63) is 42.4 Å². The van der Waals surface area contributed by atoms with Crippen molar-refractivity contribution in [3.8, 4) is 11.3 Å². The van der Waals surface area contributed by atoms with E-state index in [4.69, 9.17) is 0 Å². The first-order valence-electron chi connectivity index (χ1n) is 7.80. The highest BCUT2D eigenvalue weighted by atomic mass is 32.2. The van der Waals surface area contributed by atoms with Gasteiger partial charge in [-0.25, -0.2) is 13.4 Å². The Hall–Kier alpha value is -1.70. The fourth-order valence-electron chi connectivity index (χ4n) is 3.81. The highest BCUT2D eigenvalue weighted by molar-refractivity contribution is 7.89. The molecule has 3 atom stereocenters. The molecular weight excluding hydrogens is 314 g/mol. The molecule has 0 aliphatic carbocycles. The standard InChI is InChI=1S/C16H19N3O3S/c1-2-23(21,22)18-8-13(15(20)9-18)16-12-6-4-3-5-11(12)14-7-17-10-19(14)16/h3-7,10,13,15-16,20H,2,8-9H2,1H3/t13-,15-,16-/m0/s1. The summed E-state index contributed by atoms with van der Waals surface area (Å²) in [5.41, 5.74) is 3.26. The third-order valence-electron chi connectivity index (χ3n) is 4.98. The lowest BCUT2D eigenvalue weighted by atomic mass is 9.90. The summed E-state index contributed by atoms with van der Waals surface area (Å²) in [6.45, 7) is 2.14. The molecule has 23 heavy (non-hydrogen) atoms. The van der Waals surface area contributed by atoms with Gasteiger partial charge >= 0.3 is 0 Å². The molecule has 2 aliphatic heterocycles. The number of aromatic nitrogens is 2. The summed E-state index contributed by atoms with van der Waals surface area (Å²) in [5.74, 6) is -0.114. The van der Waals surface area contributed by atoms with Gasteiger partial charge in [0.15, 0.2) is 0 Å². The van der Waals surface area contributed by atoms with E-state index in [1.165, 1.54) is 4.31 Å². The van der Waals surface area contributed by atoms with Crippen molar-refractivity contribution in [3.63, 3.8) is 0 Å². The molecule has 0 bridgehead atoms. The number of fused-ring (bicyclic) bond motifs is 3. The number of imidazole rings is 1. The lowest BCUT2D eigenvalue weighted by Gasteiger charge is -2.24. The van der Waals surface area contributed by atoms with Crippen LogP contribution in [-0.2, 0) is 10.0 Å².